The maximum absolute atomic E-state index is 11.1. The summed E-state index contributed by atoms with van der Waals surface area (Å²) >= 11 is 3.39. The first-order chi connectivity index (χ1) is 10.2. The fourth-order valence-electron chi connectivity index (χ4n) is 1.79. The Labute approximate surface area is 133 Å². The van der Waals surface area contributed by atoms with E-state index < -0.39 is 0 Å². The lowest BCUT2D eigenvalue weighted by molar-refractivity contribution is 0.111. The van der Waals surface area contributed by atoms with E-state index in [1.54, 1.807) is 18.2 Å². The number of rotatable bonds is 7. The first kappa shape index (κ1) is 15.6. The van der Waals surface area contributed by atoms with Gasteiger partial charge < -0.3 is 9.47 Å². The molecule has 21 heavy (non-hydrogen) atoms. The molecule has 0 saturated heterocycles. The van der Waals surface area contributed by atoms with E-state index in [1.807, 2.05) is 31.2 Å². The molecule has 0 fully saturated rings. The highest BCUT2D eigenvalue weighted by Gasteiger charge is 2.06. The summed E-state index contributed by atoms with van der Waals surface area (Å²) in [7, 11) is 0. The fraction of sp³-hybridized carbons (Fsp3) is 0.235. The molecule has 110 valence electrons. The smallest absolute Gasteiger partial charge is 0.153 e. The van der Waals surface area contributed by atoms with Gasteiger partial charge in [0.25, 0.3) is 0 Å². The fourth-order valence-corrected chi connectivity index (χ4v) is 2.05. The molecule has 0 aliphatic rings. The van der Waals surface area contributed by atoms with Gasteiger partial charge in [-0.15, -0.1) is 0 Å². The van der Waals surface area contributed by atoms with E-state index in [0.29, 0.717) is 30.3 Å². The normalized spacial score (nSPS) is 10.2. The minimum Gasteiger partial charge on any atom is -0.493 e. The maximum Gasteiger partial charge on any atom is 0.153 e. The van der Waals surface area contributed by atoms with Crippen molar-refractivity contribution in [3.05, 3.63) is 58.1 Å². The number of hydrogen-bond acceptors (Lipinski definition) is 3. The molecule has 2 aromatic rings. The van der Waals surface area contributed by atoms with Crippen LogP contribution in [0.15, 0.2) is 46.9 Å². The summed E-state index contributed by atoms with van der Waals surface area (Å²) in [6.07, 6.45) is 1.73. The number of benzene rings is 2. The van der Waals surface area contributed by atoms with Crippen LogP contribution in [0.1, 0.15) is 29.3 Å². The number of carbonyl (C=O) groups excluding carboxylic acids is 1. The van der Waals surface area contributed by atoms with Gasteiger partial charge in [0, 0.05) is 10.5 Å². The van der Waals surface area contributed by atoms with Gasteiger partial charge >= 0.3 is 0 Å². The Morgan fingerprint density at radius 3 is 2.52 bits per heavy atom. The Bertz CT molecular complexity index is 593. The van der Waals surface area contributed by atoms with Crippen LogP contribution in [0.4, 0.5) is 0 Å². The lowest BCUT2D eigenvalue weighted by atomic mass is 10.2. The molecule has 0 atom stereocenters. The summed E-state index contributed by atoms with van der Waals surface area (Å²) in [5, 5.41) is 0. The molecule has 0 bridgehead atoms. The Balaban J connectivity index is 2.09. The highest BCUT2D eigenvalue weighted by molar-refractivity contribution is 9.10. The quantitative estimate of drug-likeness (QED) is 0.684. The van der Waals surface area contributed by atoms with E-state index in [0.717, 1.165) is 22.7 Å². The van der Waals surface area contributed by atoms with Gasteiger partial charge in [0.1, 0.15) is 18.1 Å². The molecule has 0 aliphatic carbocycles. The van der Waals surface area contributed by atoms with Crippen LogP contribution in [-0.4, -0.2) is 12.9 Å². The summed E-state index contributed by atoms with van der Waals surface area (Å²) in [5.41, 5.74) is 1.56. The van der Waals surface area contributed by atoms with Gasteiger partial charge in [0.15, 0.2) is 6.29 Å². The van der Waals surface area contributed by atoms with Crippen LogP contribution >= 0.6 is 15.9 Å². The lowest BCUT2D eigenvalue weighted by Crippen LogP contribution is -2.00. The van der Waals surface area contributed by atoms with E-state index in [2.05, 4.69) is 15.9 Å². The maximum atomic E-state index is 11.1. The minimum absolute atomic E-state index is 0.408. The highest BCUT2D eigenvalue weighted by Crippen LogP contribution is 2.25. The van der Waals surface area contributed by atoms with Crippen LogP contribution in [0.5, 0.6) is 11.5 Å². The molecule has 4 heteroatoms. The van der Waals surface area contributed by atoms with Gasteiger partial charge in [-0.25, -0.2) is 0 Å². The van der Waals surface area contributed by atoms with E-state index in [9.17, 15) is 4.79 Å². The molecule has 0 radical (unpaired) electrons. The monoisotopic (exact) mass is 348 g/mol. The third-order valence-corrected chi connectivity index (χ3v) is 3.42. The predicted molar refractivity (Wildman–Crippen MR) is 86.1 cm³/mol. The van der Waals surface area contributed by atoms with Gasteiger partial charge in [0.2, 0.25) is 0 Å². The Morgan fingerprint density at radius 1 is 1.10 bits per heavy atom. The molecule has 0 spiro atoms. The molecule has 2 aromatic carbocycles. The zero-order chi connectivity index (χ0) is 15.1. The van der Waals surface area contributed by atoms with E-state index in [4.69, 9.17) is 9.47 Å². The Kier molecular flexibility index (Phi) is 5.81. The van der Waals surface area contributed by atoms with Crippen molar-refractivity contribution in [2.24, 2.45) is 0 Å². The van der Waals surface area contributed by atoms with Gasteiger partial charge in [-0.3, -0.25) is 4.79 Å². The van der Waals surface area contributed by atoms with Crippen molar-refractivity contribution in [2.75, 3.05) is 6.61 Å². The van der Waals surface area contributed by atoms with E-state index in [-0.39, 0.29) is 0 Å². The van der Waals surface area contributed by atoms with Crippen LogP contribution in [0, 0.1) is 0 Å². The third kappa shape index (κ3) is 4.60. The Morgan fingerprint density at radius 2 is 1.86 bits per heavy atom. The third-order valence-electron chi connectivity index (χ3n) is 2.89. The van der Waals surface area contributed by atoms with Crippen molar-refractivity contribution in [3.8, 4) is 11.5 Å². The number of halogens is 1. The van der Waals surface area contributed by atoms with Crippen molar-refractivity contribution < 1.29 is 14.3 Å². The molecule has 0 aromatic heterocycles. The molecule has 0 aliphatic heterocycles. The van der Waals surface area contributed by atoms with E-state index in [1.165, 1.54) is 0 Å². The number of ether oxygens (including phenoxy) is 2. The number of carbonyl (C=O) groups is 1. The molecule has 2 rings (SSSR count). The molecule has 0 amide bonds. The summed E-state index contributed by atoms with van der Waals surface area (Å²) in [4.78, 5) is 11.1. The molecule has 0 N–H and O–H groups in total. The molecular formula is C17H17BrO3. The van der Waals surface area contributed by atoms with Gasteiger partial charge in [-0.1, -0.05) is 35.0 Å². The second-order valence-electron chi connectivity index (χ2n) is 4.58. The Hall–Kier alpha value is -1.81. The summed E-state index contributed by atoms with van der Waals surface area (Å²) in [6.45, 7) is 3.10. The SMILES string of the molecule is CCCOc1ccc(C=O)c(OCc2ccc(Br)cc2)c1. The second-order valence-corrected chi connectivity index (χ2v) is 5.50. The standard InChI is InChI=1S/C17H17BrO3/c1-2-9-20-16-8-5-14(11-19)17(10-16)21-12-13-3-6-15(18)7-4-13/h3-8,10-11H,2,9,12H2,1H3. The highest BCUT2D eigenvalue weighted by atomic mass is 79.9. The van der Waals surface area contributed by atoms with Gasteiger partial charge in [-0.2, -0.15) is 0 Å². The zero-order valence-electron chi connectivity index (χ0n) is 11.8. The number of hydrogen-bond donors (Lipinski definition) is 0. The molecule has 0 heterocycles. The predicted octanol–water partition coefficient (Wildman–Crippen LogP) is 4.63. The minimum atomic E-state index is 0.408. The van der Waals surface area contributed by atoms with Crippen molar-refractivity contribution >= 4 is 22.2 Å². The summed E-state index contributed by atoms with van der Waals surface area (Å²) in [5.74, 6) is 1.26. The summed E-state index contributed by atoms with van der Waals surface area (Å²) in [6, 6.07) is 13.1. The average Bonchev–Trinajstić information content (AvgIpc) is 2.52. The van der Waals surface area contributed by atoms with Crippen molar-refractivity contribution in [2.45, 2.75) is 20.0 Å². The number of aldehydes is 1. The van der Waals surface area contributed by atoms with Gasteiger partial charge in [0.05, 0.1) is 12.2 Å². The molecule has 0 saturated carbocycles. The van der Waals surface area contributed by atoms with Crippen molar-refractivity contribution in [1.29, 1.82) is 0 Å². The topological polar surface area (TPSA) is 35.5 Å². The second kappa shape index (κ2) is 7.84. The van der Waals surface area contributed by atoms with Crippen molar-refractivity contribution in [3.63, 3.8) is 0 Å². The first-order valence-corrected chi connectivity index (χ1v) is 7.61. The molecular weight excluding hydrogens is 332 g/mol. The first-order valence-electron chi connectivity index (χ1n) is 6.82. The van der Waals surface area contributed by atoms with Crippen LogP contribution in [0.3, 0.4) is 0 Å². The van der Waals surface area contributed by atoms with Crippen molar-refractivity contribution in [1.82, 2.24) is 0 Å². The average molecular weight is 349 g/mol. The molecule has 0 unspecified atom stereocenters. The van der Waals surface area contributed by atoms with Gasteiger partial charge in [-0.05, 0) is 36.2 Å². The lowest BCUT2D eigenvalue weighted by Gasteiger charge is -2.11. The van der Waals surface area contributed by atoms with Crippen LogP contribution in [0.25, 0.3) is 0 Å². The summed E-state index contributed by atoms with van der Waals surface area (Å²) < 4.78 is 12.3. The zero-order valence-corrected chi connectivity index (χ0v) is 13.4. The van der Waals surface area contributed by atoms with Crippen LogP contribution in [0.2, 0.25) is 0 Å². The van der Waals surface area contributed by atoms with Crippen LogP contribution < -0.4 is 9.47 Å². The largest absolute Gasteiger partial charge is 0.493 e. The van der Waals surface area contributed by atoms with Crippen LogP contribution in [-0.2, 0) is 6.61 Å². The van der Waals surface area contributed by atoms with E-state index >= 15 is 0 Å². The molecule has 3 nitrogen and oxygen atoms in total.